The van der Waals surface area contributed by atoms with E-state index in [4.69, 9.17) is 4.74 Å². The summed E-state index contributed by atoms with van der Waals surface area (Å²) >= 11 is 0. The summed E-state index contributed by atoms with van der Waals surface area (Å²) < 4.78 is 7.16. The van der Waals surface area contributed by atoms with Gasteiger partial charge in [0, 0.05) is 36.7 Å². The van der Waals surface area contributed by atoms with Gasteiger partial charge in [0.05, 0.1) is 12.8 Å². The summed E-state index contributed by atoms with van der Waals surface area (Å²) in [5.74, 6) is 0.951. The molecule has 0 radical (unpaired) electrons. The number of nitrogens with zero attached hydrogens (tertiary/aromatic N) is 2. The molecule has 0 N–H and O–H groups in total. The number of carbonyl (C=O) groups excluding carboxylic acids is 1. The summed E-state index contributed by atoms with van der Waals surface area (Å²) in [5.41, 5.74) is 5.10. The van der Waals surface area contributed by atoms with Crippen molar-refractivity contribution in [3.8, 4) is 5.75 Å². The fourth-order valence-corrected chi connectivity index (χ4v) is 2.59. The summed E-state index contributed by atoms with van der Waals surface area (Å²) in [4.78, 5) is 12.4. The normalized spacial score (nSPS) is 10.7. The number of hydrogen-bond donors (Lipinski definition) is 0. The Labute approximate surface area is 125 Å². The Morgan fingerprint density at radius 2 is 1.95 bits per heavy atom. The van der Waals surface area contributed by atoms with Gasteiger partial charge in [-0.2, -0.15) is 5.10 Å². The first-order chi connectivity index (χ1) is 9.92. The van der Waals surface area contributed by atoms with Gasteiger partial charge in [0.15, 0.2) is 0 Å². The van der Waals surface area contributed by atoms with Gasteiger partial charge in [-0.05, 0) is 26.8 Å². The third kappa shape index (κ3) is 3.32. The van der Waals surface area contributed by atoms with Gasteiger partial charge in [-0.15, -0.1) is 0 Å². The second-order valence-electron chi connectivity index (χ2n) is 5.48. The third-order valence-corrected chi connectivity index (χ3v) is 3.86. The maximum absolute atomic E-state index is 12.4. The van der Waals surface area contributed by atoms with E-state index < -0.39 is 0 Å². The van der Waals surface area contributed by atoms with Gasteiger partial charge in [0.2, 0.25) is 0 Å². The number of carbonyl (C=O) groups is 1. The lowest BCUT2D eigenvalue weighted by Gasteiger charge is -2.09. The van der Waals surface area contributed by atoms with Gasteiger partial charge in [-0.1, -0.05) is 17.7 Å². The average molecular weight is 286 g/mol. The van der Waals surface area contributed by atoms with Gasteiger partial charge < -0.3 is 4.74 Å². The molecule has 112 valence electrons. The first kappa shape index (κ1) is 15.3. The predicted octanol–water partition coefficient (Wildman–Crippen LogP) is 2.71. The smallest absolute Gasteiger partial charge is 0.141 e. The molecule has 0 saturated carbocycles. The zero-order chi connectivity index (χ0) is 15.6. The molecule has 0 saturated heterocycles. The minimum Gasteiger partial charge on any atom is -0.496 e. The van der Waals surface area contributed by atoms with Gasteiger partial charge >= 0.3 is 0 Å². The van der Waals surface area contributed by atoms with Crippen LogP contribution in [0.2, 0.25) is 0 Å². The molecule has 0 bridgehead atoms. The molecule has 0 unspecified atom stereocenters. The number of aryl methyl sites for hydroxylation is 3. The summed E-state index contributed by atoms with van der Waals surface area (Å²) in [7, 11) is 3.54. The molecule has 4 heteroatoms. The van der Waals surface area contributed by atoms with Crippen molar-refractivity contribution in [2.24, 2.45) is 7.05 Å². The van der Waals surface area contributed by atoms with Crippen LogP contribution in [0, 0.1) is 20.8 Å². The first-order valence-electron chi connectivity index (χ1n) is 7.06. The van der Waals surface area contributed by atoms with Crippen LogP contribution < -0.4 is 4.74 Å². The van der Waals surface area contributed by atoms with Crippen molar-refractivity contribution in [3.63, 3.8) is 0 Å². The fourth-order valence-electron chi connectivity index (χ4n) is 2.59. The molecule has 1 aromatic carbocycles. The Bertz CT molecular complexity index is 672. The Kier molecular flexibility index (Phi) is 4.46. The minimum atomic E-state index is 0.179. The standard InChI is InChI=1S/C17H22N2O2/c1-11-6-7-17(21-5)14(8-11)9-15(20)10-16-12(2)18-19(4)13(16)3/h6-8H,9-10H2,1-5H3. The number of hydrogen-bond acceptors (Lipinski definition) is 3. The van der Waals surface area contributed by atoms with Crippen LogP contribution in [0.25, 0.3) is 0 Å². The van der Waals surface area contributed by atoms with Crippen LogP contribution in [0.3, 0.4) is 0 Å². The second kappa shape index (κ2) is 6.12. The minimum absolute atomic E-state index is 0.179. The Hall–Kier alpha value is -2.10. The van der Waals surface area contributed by atoms with Crippen LogP contribution in [0.4, 0.5) is 0 Å². The molecule has 4 nitrogen and oxygen atoms in total. The predicted molar refractivity (Wildman–Crippen MR) is 82.8 cm³/mol. The van der Waals surface area contributed by atoms with Crippen molar-refractivity contribution >= 4 is 5.78 Å². The Morgan fingerprint density at radius 1 is 1.24 bits per heavy atom. The molecule has 1 aromatic heterocycles. The average Bonchev–Trinajstić information content (AvgIpc) is 2.66. The van der Waals surface area contributed by atoms with E-state index in [-0.39, 0.29) is 5.78 Å². The van der Waals surface area contributed by atoms with Gasteiger partial charge in [-0.25, -0.2) is 0 Å². The molecule has 0 fully saturated rings. The van der Waals surface area contributed by atoms with E-state index in [1.54, 1.807) is 7.11 Å². The molecule has 2 rings (SSSR count). The number of aromatic nitrogens is 2. The molecular weight excluding hydrogens is 264 g/mol. The number of benzene rings is 1. The van der Waals surface area contributed by atoms with Crippen LogP contribution in [-0.2, 0) is 24.7 Å². The van der Waals surface area contributed by atoms with Gasteiger partial charge in [0.25, 0.3) is 0 Å². The maximum atomic E-state index is 12.4. The van der Waals surface area contributed by atoms with E-state index in [2.05, 4.69) is 5.10 Å². The van der Waals surface area contributed by atoms with Crippen molar-refractivity contribution in [1.82, 2.24) is 9.78 Å². The van der Waals surface area contributed by atoms with E-state index in [0.29, 0.717) is 12.8 Å². The van der Waals surface area contributed by atoms with Crippen LogP contribution in [0.15, 0.2) is 18.2 Å². The van der Waals surface area contributed by atoms with Gasteiger partial charge in [0.1, 0.15) is 11.5 Å². The zero-order valence-corrected chi connectivity index (χ0v) is 13.4. The number of Topliss-reactive ketones (excluding diaryl/α,β-unsaturated/α-hetero) is 1. The number of ketones is 1. The molecule has 0 spiro atoms. The molecule has 2 aromatic rings. The SMILES string of the molecule is COc1ccc(C)cc1CC(=O)Cc1c(C)nn(C)c1C. The Balaban J connectivity index is 2.17. The largest absolute Gasteiger partial charge is 0.496 e. The number of methoxy groups -OCH3 is 1. The number of ether oxygens (including phenoxy) is 1. The molecule has 0 aliphatic rings. The fraction of sp³-hybridized carbons (Fsp3) is 0.412. The highest BCUT2D eigenvalue weighted by atomic mass is 16.5. The van der Waals surface area contributed by atoms with Crippen molar-refractivity contribution < 1.29 is 9.53 Å². The lowest BCUT2D eigenvalue weighted by molar-refractivity contribution is -0.117. The van der Waals surface area contributed by atoms with Crippen molar-refractivity contribution in [1.29, 1.82) is 0 Å². The van der Waals surface area contributed by atoms with Crippen LogP contribution in [-0.4, -0.2) is 22.7 Å². The van der Waals surface area contributed by atoms with E-state index in [0.717, 1.165) is 33.8 Å². The molecular formula is C17H22N2O2. The lowest BCUT2D eigenvalue weighted by Crippen LogP contribution is -2.09. The molecule has 0 aliphatic carbocycles. The van der Waals surface area contributed by atoms with Crippen molar-refractivity contribution in [2.45, 2.75) is 33.6 Å². The summed E-state index contributed by atoms with van der Waals surface area (Å²) in [6.45, 7) is 5.96. The Morgan fingerprint density at radius 3 is 2.52 bits per heavy atom. The van der Waals surface area contributed by atoms with E-state index in [9.17, 15) is 4.79 Å². The van der Waals surface area contributed by atoms with Crippen molar-refractivity contribution in [2.75, 3.05) is 7.11 Å². The van der Waals surface area contributed by atoms with Crippen molar-refractivity contribution in [3.05, 3.63) is 46.3 Å². The molecule has 0 aliphatic heterocycles. The van der Waals surface area contributed by atoms with Crippen LogP contribution >= 0.6 is 0 Å². The zero-order valence-electron chi connectivity index (χ0n) is 13.4. The van der Waals surface area contributed by atoms with E-state index in [1.807, 2.05) is 50.7 Å². The monoisotopic (exact) mass is 286 g/mol. The highest BCUT2D eigenvalue weighted by Crippen LogP contribution is 2.21. The maximum Gasteiger partial charge on any atom is 0.141 e. The molecule has 21 heavy (non-hydrogen) atoms. The summed E-state index contributed by atoms with van der Waals surface area (Å²) in [5, 5.41) is 4.36. The lowest BCUT2D eigenvalue weighted by atomic mass is 10.00. The highest BCUT2D eigenvalue weighted by Gasteiger charge is 2.15. The summed E-state index contributed by atoms with van der Waals surface area (Å²) in [6.07, 6.45) is 0.807. The number of rotatable bonds is 5. The third-order valence-electron chi connectivity index (χ3n) is 3.86. The summed E-state index contributed by atoms with van der Waals surface area (Å²) in [6, 6.07) is 5.92. The second-order valence-corrected chi connectivity index (χ2v) is 5.48. The van der Waals surface area contributed by atoms with E-state index in [1.165, 1.54) is 0 Å². The first-order valence-corrected chi connectivity index (χ1v) is 7.06. The highest BCUT2D eigenvalue weighted by molar-refractivity contribution is 5.84. The van der Waals surface area contributed by atoms with Crippen LogP contribution in [0.1, 0.15) is 28.1 Å². The van der Waals surface area contributed by atoms with Gasteiger partial charge in [-0.3, -0.25) is 9.48 Å². The van der Waals surface area contributed by atoms with Crippen LogP contribution in [0.5, 0.6) is 5.75 Å². The van der Waals surface area contributed by atoms with E-state index >= 15 is 0 Å². The molecule has 0 atom stereocenters. The molecule has 0 amide bonds. The quantitative estimate of drug-likeness (QED) is 0.849. The topological polar surface area (TPSA) is 44.1 Å². The molecule has 1 heterocycles.